The van der Waals surface area contributed by atoms with Gasteiger partial charge >= 0.3 is 0 Å². The SMILES string of the molecule is C.C.CN1CCC2(CC1)C(=O)NCN2c1ccccc1. The highest BCUT2D eigenvalue weighted by molar-refractivity contribution is 5.93. The summed E-state index contributed by atoms with van der Waals surface area (Å²) < 4.78 is 0. The van der Waals surface area contributed by atoms with E-state index in [1.165, 1.54) is 0 Å². The van der Waals surface area contributed by atoms with Crippen molar-refractivity contribution in [2.45, 2.75) is 33.2 Å². The molecule has 1 aromatic rings. The van der Waals surface area contributed by atoms with Gasteiger partial charge in [0.15, 0.2) is 0 Å². The zero-order valence-corrected chi connectivity index (χ0v) is 10.7. The monoisotopic (exact) mass is 277 g/mol. The second-order valence-electron chi connectivity index (χ2n) is 5.26. The number of rotatable bonds is 1. The summed E-state index contributed by atoms with van der Waals surface area (Å²) in [6.45, 7) is 2.60. The first-order valence-corrected chi connectivity index (χ1v) is 6.52. The van der Waals surface area contributed by atoms with Gasteiger partial charge in [-0.05, 0) is 32.0 Å². The van der Waals surface area contributed by atoms with Gasteiger partial charge < -0.3 is 15.1 Å². The fourth-order valence-corrected chi connectivity index (χ4v) is 3.02. The fraction of sp³-hybridized carbons (Fsp3) is 0.562. The van der Waals surface area contributed by atoms with Crippen molar-refractivity contribution in [1.82, 2.24) is 10.2 Å². The largest absolute Gasteiger partial charge is 0.339 e. The first-order valence-electron chi connectivity index (χ1n) is 6.52. The molecule has 2 aliphatic rings. The highest BCUT2D eigenvalue weighted by Gasteiger charge is 2.49. The number of carbonyl (C=O) groups excluding carboxylic acids is 1. The number of nitrogens with one attached hydrogen (secondary N) is 1. The standard InChI is InChI=1S/C14H19N3O.2CH4/c1-16-9-7-14(8-10-16)13(18)15-11-17(14)12-5-3-2-4-6-12;;/h2-6H,7-11H2,1H3,(H,15,18);2*1H4. The number of hydrogen-bond donors (Lipinski definition) is 1. The summed E-state index contributed by atoms with van der Waals surface area (Å²) in [4.78, 5) is 16.8. The van der Waals surface area contributed by atoms with Crippen LogP contribution in [0.5, 0.6) is 0 Å². The minimum atomic E-state index is -0.326. The van der Waals surface area contributed by atoms with Crippen molar-refractivity contribution < 1.29 is 4.79 Å². The molecule has 2 fully saturated rings. The Balaban J connectivity index is 0.000001000. The van der Waals surface area contributed by atoms with Crippen molar-refractivity contribution in [3.63, 3.8) is 0 Å². The number of para-hydroxylation sites is 1. The number of likely N-dealkylation sites (tertiary alicyclic amines) is 1. The zero-order chi connectivity index (χ0) is 12.6. The average molecular weight is 277 g/mol. The van der Waals surface area contributed by atoms with Crippen molar-refractivity contribution in [2.24, 2.45) is 0 Å². The van der Waals surface area contributed by atoms with Crippen molar-refractivity contribution in [2.75, 3.05) is 31.7 Å². The van der Waals surface area contributed by atoms with Gasteiger partial charge in [0.1, 0.15) is 5.54 Å². The molecule has 4 nitrogen and oxygen atoms in total. The van der Waals surface area contributed by atoms with Crippen LogP contribution in [0.3, 0.4) is 0 Å². The van der Waals surface area contributed by atoms with Crippen LogP contribution in [0.4, 0.5) is 5.69 Å². The molecule has 2 heterocycles. The third kappa shape index (κ3) is 2.52. The summed E-state index contributed by atoms with van der Waals surface area (Å²) >= 11 is 0. The number of hydrogen-bond acceptors (Lipinski definition) is 3. The van der Waals surface area contributed by atoms with Gasteiger partial charge in [0.25, 0.3) is 0 Å². The molecule has 1 N–H and O–H groups in total. The molecule has 0 aromatic heterocycles. The summed E-state index contributed by atoms with van der Waals surface area (Å²) in [5.74, 6) is 0.194. The molecule has 2 aliphatic heterocycles. The van der Waals surface area contributed by atoms with Gasteiger partial charge in [0.2, 0.25) is 5.91 Å². The van der Waals surface area contributed by atoms with E-state index in [4.69, 9.17) is 0 Å². The maximum atomic E-state index is 12.3. The molecule has 1 aromatic carbocycles. The molecule has 2 saturated heterocycles. The van der Waals surface area contributed by atoms with E-state index in [1.807, 2.05) is 18.2 Å². The van der Waals surface area contributed by atoms with E-state index >= 15 is 0 Å². The van der Waals surface area contributed by atoms with Crippen LogP contribution in [0.2, 0.25) is 0 Å². The molecule has 1 spiro atoms. The van der Waals surface area contributed by atoms with Crippen LogP contribution in [0.1, 0.15) is 27.7 Å². The Labute approximate surface area is 122 Å². The summed E-state index contributed by atoms with van der Waals surface area (Å²) in [5.41, 5.74) is 0.814. The second kappa shape index (κ2) is 6.27. The maximum Gasteiger partial charge on any atom is 0.247 e. The van der Waals surface area contributed by atoms with E-state index < -0.39 is 0 Å². The summed E-state index contributed by atoms with van der Waals surface area (Å²) in [7, 11) is 2.12. The quantitative estimate of drug-likeness (QED) is 0.855. The molecular weight excluding hydrogens is 250 g/mol. The topological polar surface area (TPSA) is 35.6 Å². The summed E-state index contributed by atoms with van der Waals surface area (Å²) in [5, 5.41) is 3.01. The van der Waals surface area contributed by atoms with E-state index in [1.54, 1.807) is 0 Å². The Bertz CT molecular complexity index is 438. The normalized spacial score (nSPS) is 21.1. The summed E-state index contributed by atoms with van der Waals surface area (Å²) in [6, 6.07) is 10.2. The van der Waals surface area contributed by atoms with E-state index in [0.29, 0.717) is 6.67 Å². The lowest BCUT2D eigenvalue weighted by atomic mass is 9.86. The van der Waals surface area contributed by atoms with Crippen molar-refractivity contribution in [3.8, 4) is 0 Å². The van der Waals surface area contributed by atoms with Crippen LogP contribution >= 0.6 is 0 Å². The number of benzene rings is 1. The highest BCUT2D eigenvalue weighted by Crippen LogP contribution is 2.35. The van der Waals surface area contributed by atoms with E-state index in [2.05, 4.69) is 34.3 Å². The van der Waals surface area contributed by atoms with Crippen molar-refractivity contribution in [1.29, 1.82) is 0 Å². The molecule has 0 atom stereocenters. The third-order valence-corrected chi connectivity index (χ3v) is 4.22. The minimum Gasteiger partial charge on any atom is -0.339 e. The minimum absolute atomic E-state index is 0. The Morgan fingerprint density at radius 2 is 1.70 bits per heavy atom. The van der Waals surface area contributed by atoms with Crippen LogP contribution in [0.25, 0.3) is 0 Å². The lowest BCUT2D eigenvalue weighted by Gasteiger charge is -2.42. The molecule has 0 bridgehead atoms. The van der Waals surface area contributed by atoms with Gasteiger partial charge in [-0.15, -0.1) is 0 Å². The predicted molar refractivity (Wildman–Crippen MR) is 84.9 cm³/mol. The Kier molecular flexibility index (Phi) is 5.17. The van der Waals surface area contributed by atoms with Gasteiger partial charge in [-0.3, -0.25) is 4.79 Å². The maximum absolute atomic E-state index is 12.3. The lowest BCUT2D eigenvalue weighted by molar-refractivity contribution is -0.125. The molecule has 0 radical (unpaired) electrons. The predicted octanol–water partition coefficient (Wildman–Crippen LogP) is 2.32. The van der Waals surface area contributed by atoms with Crippen molar-refractivity contribution in [3.05, 3.63) is 30.3 Å². The van der Waals surface area contributed by atoms with Crippen molar-refractivity contribution >= 4 is 11.6 Å². The second-order valence-corrected chi connectivity index (χ2v) is 5.26. The average Bonchev–Trinajstić information content (AvgIpc) is 2.72. The van der Waals surface area contributed by atoms with Crippen LogP contribution in [0.15, 0.2) is 30.3 Å². The van der Waals surface area contributed by atoms with Crippen LogP contribution in [0, 0.1) is 0 Å². The molecule has 0 unspecified atom stereocenters. The van der Waals surface area contributed by atoms with E-state index in [9.17, 15) is 4.79 Å². The lowest BCUT2D eigenvalue weighted by Crippen LogP contribution is -2.55. The molecule has 4 heteroatoms. The molecule has 20 heavy (non-hydrogen) atoms. The number of anilines is 1. The van der Waals surface area contributed by atoms with Gasteiger partial charge in [-0.25, -0.2) is 0 Å². The first kappa shape index (κ1) is 16.5. The number of carbonyl (C=O) groups is 1. The highest BCUT2D eigenvalue weighted by atomic mass is 16.2. The molecule has 1 amide bonds. The zero-order valence-electron chi connectivity index (χ0n) is 10.7. The van der Waals surface area contributed by atoms with E-state index in [0.717, 1.165) is 31.6 Å². The van der Waals surface area contributed by atoms with Gasteiger partial charge in [-0.1, -0.05) is 33.1 Å². The molecule has 0 aliphatic carbocycles. The molecular formula is C16H27N3O. The molecule has 3 rings (SSSR count). The van der Waals surface area contributed by atoms with E-state index in [-0.39, 0.29) is 26.3 Å². The molecule has 112 valence electrons. The first-order chi connectivity index (χ1) is 8.72. The van der Waals surface area contributed by atoms with Gasteiger partial charge in [0, 0.05) is 18.8 Å². The van der Waals surface area contributed by atoms with Gasteiger partial charge in [0.05, 0.1) is 6.67 Å². The molecule has 0 saturated carbocycles. The fourth-order valence-electron chi connectivity index (χ4n) is 3.02. The van der Waals surface area contributed by atoms with Crippen LogP contribution in [-0.2, 0) is 4.79 Å². The Morgan fingerprint density at radius 1 is 1.10 bits per heavy atom. The number of amides is 1. The van der Waals surface area contributed by atoms with Crippen LogP contribution < -0.4 is 10.2 Å². The van der Waals surface area contributed by atoms with Gasteiger partial charge in [-0.2, -0.15) is 0 Å². The summed E-state index contributed by atoms with van der Waals surface area (Å²) in [6.07, 6.45) is 1.81. The Morgan fingerprint density at radius 3 is 2.30 bits per heavy atom. The Hall–Kier alpha value is -1.55. The number of nitrogens with zero attached hydrogens (tertiary/aromatic N) is 2. The number of piperidine rings is 1. The van der Waals surface area contributed by atoms with Crippen LogP contribution in [-0.4, -0.2) is 43.2 Å². The third-order valence-electron chi connectivity index (χ3n) is 4.22. The smallest absolute Gasteiger partial charge is 0.247 e.